The van der Waals surface area contributed by atoms with Crippen molar-refractivity contribution in [3.8, 4) is 11.5 Å². The summed E-state index contributed by atoms with van der Waals surface area (Å²) in [6, 6.07) is 10.5. The number of hydrogen-bond donors (Lipinski definition) is 2. The van der Waals surface area contributed by atoms with E-state index in [1.54, 1.807) is 18.2 Å². The molecule has 7 heteroatoms. The largest absolute Gasteiger partial charge is 0.504 e. The Bertz CT molecular complexity index is 1060. The molecule has 2 aliphatic rings. The third-order valence-corrected chi connectivity index (χ3v) is 6.15. The maximum Gasteiger partial charge on any atom is 0.286 e. The Hall–Kier alpha value is -3.06. The number of nitrogens with one attached hydrogen (secondary N) is 1. The number of carbonyl (C=O) groups excluding carboxylic acids is 3. The maximum absolute atomic E-state index is 13.1. The van der Waals surface area contributed by atoms with Crippen molar-refractivity contribution in [3.63, 3.8) is 0 Å². The van der Waals surface area contributed by atoms with Gasteiger partial charge in [0.05, 0.1) is 12.4 Å². The Kier molecular flexibility index (Phi) is 5.15. The number of thioether (sulfide) groups is 1. The molecular weight excluding hydrogens is 390 g/mol. The number of carbonyl (C=O) groups is 3. The maximum atomic E-state index is 13.1. The Balaban J connectivity index is 1.61. The number of hydrogen-bond acceptors (Lipinski definition) is 6. The van der Waals surface area contributed by atoms with Crippen molar-refractivity contribution in [2.24, 2.45) is 0 Å². The first-order valence-corrected chi connectivity index (χ1v) is 10.1. The van der Waals surface area contributed by atoms with Gasteiger partial charge in [0, 0.05) is 11.1 Å². The van der Waals surface area contributed by atoms with Crippen LogP contribution in [0.15, 0.2) is 42.0 Å². The highest BCUT2D eigenvalue weighted by atomic mass is 32.2. The molecule has 0 saturated carbocycles. The standard InChI is InChI=1S/C22H19NO5S/c1-28-18-10-12(5-8-17(18)24)9-14-6-7-15-13(3-2-4-16(15)20(14)25)11-19-21(26)23-22(27)29-19/h2-5,8-10,19,24H,6-7,11H2,1H3,(H,23,26,27). The van der Waals surface area contributed by atoms with Crippen LogP contribution in [-0.2, 0) is 17.6 Å². The summed E-state index contributed by atoms with van der Waals surface area (Å²) >= 11 is 0.999. The van der Waals surface area contributed by atoms with E-state index >= 15 is 0 Å². The minimum Gasteiger partial charge on any atom is -0.504 e. The van der Waals surface area contributed by atoms with Gasteiger partial charge in [-0.25, -0.2) is 0 Å². The van der Waals surface area contributed by atoms with Crippen molar-refractivity contribution >= 4 is 34.8 Å². The lowest BCUT2D eigenvalue weighted by molar-refractivity contribution is -0.118. The summed E-state index contributed by atoms with van der Waals surface area (Å²) in [6.07, 6.45) is 3.51. The molecule has 148 valence electrons. The van der Waals surface area contributed by atoms with Gasteiger partial charge >= 0.3 is 0 Å². The molecule has 6 nitrogen and oxygen atoms in total. The predicted molar refractivity (Wildman–Crippen MR) is 110 cm³/mol. The van der Waals surface area contributed by atoms with Crippen molar-refractivity contribution in [1.29, 1.82) is 0 Å². The monoisotopic (exact) mass is 409 g/mol. The minimum absolute atomic E-state index is 0.0419. The highest BCUT2D eigenvalue weighted by Crippen LogP contribution is 2.33. The number of imide groups is 1. The van der Waals surface area contributed by atoms with Crippen LogP contribution in [0, 0.1) is 0 Å². The van der Waals surface area contributed by atoms with Crippen LogP contribution in [0.3, 0.4) is 0 Å². The number of rotatable bonds is 4. The van der Waals surface area contributed by atoms with E-state index in [0.29, 0.717) is 36.1 Å². The molecule has 2 aromatic carbocycles. The zero-order valence-electron chi connectivity index (χ0n) is 15.7. The zero-order chi connectivity index (χ0) is 20.5. The quantitative estimate of drug-likeness (QED) is 0.751. The molecule has 2 aromatic rings. The van der Waals surface area contributed by atoms with E-state index in [9.17, 15) is 19.5 Å². The highest BCUT2D eigenvalue weighted by Gasteiger charge is 2.33. The van der Waals surface area contributed by atoms with E-state index in [2.05, 4.69) is 5.32 Å². The van der Waals surface area contributed by atoms with Crippen molar-refractivity contribution in [2.75, 3.05) is 7.11 Å². The van der Waals surface area contributed by atoms with Gasteiger partial charge in [0.15, 0.2) is 17.3 Å². The third kappa shape index (κ3) is 3.78. The summed E-state index contributed by atoms with van der Waals surface area (Å²) in [6.45, 7) is 0. The van der Waals surface area contributed by atoms with E-state index in [0.717, 1.165) is 28.5 Å². The number of methoxy groups -OCH3 is 1. The molecule has 1 atom stereocenters. The molecule has 1 aliphatic carbocycles. The van der Waals surface area contributed by atoms with Gasteiger partial charge in [0.2, 0.25) is 5.91 Å². The van der Waals surface area contributed by atoms with Gasteiger partial charge in [-0.1, -0.05) is 36.0 Å². The summed E-state index contributed by atoms with van der Waals surface area (Å²) in [5.74, 6) is 0.0837. The zero-order valence-corrected chi connectivity index (χ0v) is 16.5. The molecule has 2 N–H and O–H groups in total. The van der Waals surface area contributed by atoms with E-state index in [4.69, 9.17) is 4.74 Å². The Morgan fingerprint density at radius 3 is 2.76 bits per heavy atom. The van der Waals surface area contributed by atoms with E-state index in [1.165, 1.54) is 13.2 Å². The third-order valence-electron chi connectivity index (χ3n) is 5.17. The average molecular weight is 409 g/mol. The fourth-order valence-electron chi connectivity index (χ4n) is 3.73. The van der Waals surface area contributed by atoms with Gasteiger partial charge in [-0.15, -0.1) is 0 Å². The van der Waals surface area contributed by atoms with Crippen LogP contribution in [0.4, 0.5) is 4.79 Å². The first-order valence-electron chi connectivity index (χ1n) is 9.21. The van der Waals surface area contributed by atoms with Gasteiger partial charge in [-0.3, -0.25) is 19.7 Å². The fourth-order valence-corrected chi connectivity index (χ4v) is 4.58. The topological polar surface area (TPSA) is 92.7 Å². The van der Waals surface area contributed by atoms with E-state index in [-0.39, 0.29) is 22.7 Å². The van der Waals surface area contributed by atoms with Gasteiger partial charge in [0.25, 0.3) is 5.24 Å². The van der Waals surface area contributed by atoms with Crippen molar-refractivity contribution in [3.05, 3.63) is 64.2 Å². The minimum atomic E-state index is -0.453. The second kappa shape index (κ2) is 7.75. The summed E-state index contributed by atoms with van der Waals surface area (Å²) in [7, 11) is 1.48. The molecule has 1 heterocycles. The van der Waals surface area contributed by atoms with Gasteiger partial charge in [-0.05, 0) is 54.2 Å². The number of phenolic OH excluding ortho intramolecular Hbond substituents is 1. The molecule has 1 unspecified atom stereocenters. The van der Waals surface area contributed by atoms with Crippen LogP contribution in [0.5, 0.6) is 11.5 Å². The van der Waals surface area contributed by atoms with Gasteiger partial charge in [-0.2, -0.15) is 0 Å². The number of ketones is 1. The van der Waals surface area contributed by atoms with Crippen LogP contribution in [-0.4, -0.2) is 34.4 Å². The molecule has 0 spiro atoms. The molecule has 2 amide bonds. The Morgan fingerprint density at radius 1 is 1.21 bits per heavy atom. The molecular formula is C22H19NO5S. The number of amides is 2. The SMILES string of the molecule is COc1cc(C=C2CCc3c(CC4SC(=O)NC4=O)cccc3C2=O)ccc1O. The molecule has 29 heavy (non-hydrogen) atoms. The second-order valence-corrected chi connectivity index (χ2v) is 8.14. The normalized spacial score (nSPS) is 20.0. The second-order valence-electron chi connectivity index (χ2n) is 6.96. The van der Waals surface area contributed by atoms with Crippen molar-refractivity contribution in [1.82, 2.24) is 5.32 Å². The molecule has 1 aliphatic heterocycles. The van der Waals surface area contributed by atoms with Gasteiger partial charge in [0.1, 0.15) is 0 Å². The number of fused-ring (bicyclic) bond motifs is 1. The van der Waals surface area contributed by atoms with Crippen LogP contribution in [0.25, 0.3) is 6.08 Å². The lowest BCUT2D eigenvalue weighted by atomic mass is 9.82. The molecule has 4 rings (SSSR count). The van der Waals surface area contributed by atoms with Crippen LogP contribution >= 0.6 is 11.8 Å². The number of ether oxygens (including phenoxy) is 1. The molecule has 0 aromatic heterocycles. The van der Waals surface area contributed by atoms with Crippen molar-refractivity contribution < 1.29 is 24.2 Å². The first-order chi connectivity index (χ1) is 14.0. The highest BCUT2D eigenvalue weighted by molar-refractivity contribution is 8.15. The molecule has 1 fully saturated rings. The summed E-state index contributed by atoms with van der Waals surface area (Å²) in [5, 5.41) is 11.3. The molecule has 0 bridgehead atoms. The number of aromatic hydroxyl groups is 1. The van der Waals surface area contributed by atoms with Crippen molar-refractivity contribution in [2.45, 2.75) is 24.5 Å². The van der Waals surface area contributed by atoms with E-state index < -0.39 is 5.25 Å². The van der Waals surface area contributed by atoms with Crippen LogP contribution < -0.4 is 10.1 Å². The Labute approximate surface area is 172 Å². The Morgan fingerprint density at radius 2 is 2.03 bits per heavy atom. The lowest BCUT2D eigenvalue weighted by Crippen LogP contribution is -2.26. The molecule has 0 radical (unpaired) electrons. The number of Topliss-reactive ketones (excluding diaryl/α,β-unsaturated/α-hetero) is 1. The number of benzene rings is 2. The van der Waals surface area contributed by atoms with Crippen LogP contribution in [0.2, 0.25) is 0 Å². The summed E-state index contributed by atoms with van der Waals surface area (Å²) in [4.78, 5) is 36.4. The number of phenols is 1. The fraction of sp³-hybridized carbons (Fsp3) is 0.227. The predicted octanol–water partition coefficient (Wildman–Crippen LogP) is 3.51. The number of allylic oxidation sites excluding steroid dienone is 1. The van der Waals surface area contributed by atoms with Crippen LogP contribution in [0.1, 0.15) is 33.5 Å². The smallest absolute Gasteiger partial charge is 0.286 e. The lowest BCUT2D eigenvalue weighted by Gasteiger charge is -2.21. The first kappa shape index (κ1) is 19.3. The van der Waals surface area contributed by atoms with Gasteiger partial charge < -0.3 is 9.84 Å². The average Bonchev–Trinajstić information content (AvgIpc) is 3.02. The summed E-state index contributed by atoms with van der Waals surface area (Å²) in [5.41, 5.74) is 3.99. The molecule has 1 saturated heterocycles. The summed E-state index contributed by atoms with van der Waals surface area (Å²) < 4.78 is 5.13. The van der Waals surface area contributed by atoms with E-state index in [1.807, 2.05) is 18.2 Å².